The molecule has 0 radical (unpaired) electrons. The predicted molar refractivity (Wildman–Crippen MR) is 136 cm³/mol. The second-order valence-electron chi connectivity index (χ2n) is 10.8. The van der Waals surface area contributed by atoms with E-state index in [1.54, 1.807) is 0 Å². The zero-order chi connectivity index (χ0) is 23.7. The Balaban J connectivity index is 1.48. The lowest BCUT2D eigenvalue weighted by Gasteiger charge is -2.37. The van der Waals surface area contributed by atoms with Gasteiger partial charge in [0.1, 0.15) is 6.10 Å². The first kappa shape index (κ1) is 28.6. The van der Waals surface area contributed by atoms with Gasteiger partial charge in [0.2, 0.25) is 0 Å². The molecule has 2 aliphatic rings. The Hall–Kier alpha value is -0.610. The zero-order valence-corrected chi connectivity index (χ0v) is 22.2. The van der Waals surface area contributed by atoms with Crippen LogP contribution in [0.1, 0.15) is 136 Å². The van der Waals surface area contributed by atoms with Crippen LogP contribution < -0.4 is 0 Å². The van der Waals surface area contributed by atoms with Crippen LogP contribution in [0.25, 0.3) is 0 Å². The first-order valence-electron chi connectivity index (χ1n) is 14.5. The van der Waals surface area contributed by atoms with E-state index in [1.165, 1.54) is 89.9 Å². The second-order valence-corrected chi connectivity index (χ2v) is 10.8. The summed E-state index contributed by atoms with van der Waals surface area (Å²) in [6, 6.07) is 0. The van der Waals surface area contributed by atoms with Crippen molar-refractivity contribution in [3.63, 3.8) is 0 Å². The molecule has 2 saturated carbocycles. The Morgan fingerprint density at radius 1 is 0.697 bits per heavy atom. The molecule has 0 N–H and O–H groups in total. The lowest BCUT2D eigenvalue weighted by atomic mass is 9.72. The van der Waals surface area contributed by atoms with E-state index in [2.05, 4.69) is 13.8 Å². The molecule has 1 atom stereocenters. The van der Waals surface area contributed by atoms with Gasteiger partial charge in [-0.2, -0.15) is 0 Å². The molecule has 194 valence electrons. The summed E-state index contributed by atoms with van der Waals surface area (Å²) < 4.78 is 17.8. The maximum absolute atomic E-state index is 11.7. The van der Waals surface area contributed by atoms with E-state index in [9.17, 15) is 4.79 Å². The molecule has 4 heteroatoms. The number of carbonyl (C=O) groups is 1. The van der Waals surface area contributed by atoms with Crippen molar-refractivity contribution in [2.45, 2.75) is 155 Å². The van der Waals surface area contributed by atoms with E-state index >= 15 is 0 Å². The maximum Gasteiger partial charge on any atom is 0.306 e. The van der Waals surface area contributed by atoms with E-state index in [-0.39, 0.29) is 12.1 Å². The van der Waals surface area contributed by atoms with Crippen LogP contribution in [0.5, 0.6) is 0 Å². The molecule has 0 saturated heterocycles. The van der Waals surface area contributed by atoms with Gasteiger partial charge in [0.25, 0.3) is 0 Å². The van der Waals surface area contributed by atoms with Gasteiger partial charge in [0.05, 0.1) is 18.8 Å². The smallest absolute Gasteiger partial charge is 0.306 e. The van der Waals surface area contributed by atoms with Crippen molar-refractivity contribution in [3.8, 4) is 0 Å². The van der Waals surface area contributed by atoms with Gasteiger partial charge < -0.3 is 14.2 Å². The molecule has 2 rings (SSSR count). The highest BCUT2D eigenvalue weighted by Crippen LogP contribution is 2.39. The van der Waals surface area contributed by atoms with Crippen LogP contribution in [-0.4, -0.2) is 37.5 Å². The third-order valence-electron chi connectivity index (χ3n) is 7.90. The molecule has 4 nitrogen and oxygen atoms in total. The van der Waals surface area contributed by atoms with Gasteiger partial charge in [-0.15, -0.1) is 0 Å². The van der Waals surface area contributed by atoms with Crippen molar-refractivity contribution in [2.75, 3.05) is 13.2 Å². The summed E-state index contributed by atoms with van der Waals surface area (Å²) in [5, 5.41) is 0. The van der Waals surface area contributed by atoms with Crippen LogP contribution in [0.2, 0.25) is 0 Å². The fourth-order valence-electron chi connectivity index (χ4n) is 5.65. The number of hydrogen-bond donors (Lipinski definition) is 0. The number of unbranched alkanes of at least 4 members (excludes halogenated alkanes) is 6. The third-order valence-corrected chi connectivity index (χ3v) is 7.90. The monoisotopic (exact) mass is 466 g/mol. The first-order valence-corrected chi connectivity index (χ1v) is 14.5. The van der Waals surface area contributed by atoms with Gasteiger partial charge in [0, 0.05) is 19.4 Å². The fraction of sp³-hybridized carbons (Fsp3) is 0.966. The normalized spacial score (nSPS) is 26.8. The molecule has 0 aromatic heterocycles. The molecule has 2 aliphatic carbocycles. The molecule has 0 aliphatic heterocycles. The molecular formula is C29H54O4. The topological polar surface area (TPSA) is 44.8 Å². The second kappa shape index (κ2) is 17.8. The van der Waals surface area contributed by atoms with Gasteiger partial charge in [-0.3, -0.25) is 4.79 Å². The Morgan fingerprint density at radius 2 is 1.21 bits per heavy atom. The number of hydrogen-bond acceptors (Lipinski definition) is 4. The molecule has 0 heterocycles. The molecular weight excluding hydrogens is 412 g/mol. The molecule has 0 bridgehead atoms. The first-order chi connectivity index (χ1) is 16.1. The van der Waals surface area contributed by atoms with Gasteiger partial charge in [0.15, 0.2) is 0 Å². The number of rotatable bonds is 17. The summed E-state index contributed by atoms with van der Waals surface area (Å²) in [5.74, 6) is 1.73. The highest BCUT2D eigenvalue weighted by atomic mass is 16.5. The summed E-state index contributed by atoms with van der Waals surface area (Å²) in [7, 11) is 0. The molecule has 0 spiro atoms. The van der Waals surface area contributed by atoms with Crippen LogP contribution in [0.15, 0.2) is 0 Å². The largest absolute Gasteiger partial charge is 0.463 e. The van der Waals surface area contributed by atoms with Crippen LogP contribution in [-0.2, 0) is 19.0 Å². The number of esters is 1. The highest BCUT2D eigenvalue weighted by Gasteiger charge is 2.31. The van der Waals surface area contributed by atoms with Crippen molar-refractivity contribution in [1.29, 1.82) is 0 Å². The van der Waals surface area contributed by atoms with Crippen molar-refractivity contribution < 1.29 is 19.0 Å². The van der Waals surface area contributed by atoms with E-state index in [1.807, 2.05) is 6.92 Å². The lowest BCUT2D eigenvalue weighted by molar-refractivity contribution is -0.149. The van der Waals surface area contributed by atoms with E-state index in [4.69, 9.17) is 14.2 Å². The van der Waals surface area contributed by atoms with Crippen LogP contribution in [0.3, 0.4) is 0 Å². The SMILES string of the molecule is CCCCCCCCOC1CCC(C2CCC(OCCC(C)OC(=O)CCCC)CC2)CC1. The predicted octanol–water partition coefficient (Wildman–Crippen LogP) is 8.01. The van der Waals surface area contributed by atoms with Gasteiger partial charge in [-0.1, -0.05) is 52.4 Å². The summed E-state index contributed by atoms with van der Waals surface area (Å²) in [6.07, 6.45) is 22.5. The Kier molecular flexibility index (Phi) is 15.4. The van der Waals surface area contributed by atoms with E-state index in [0.717, 1.165) is 37.7 Å². The van der Waals surface area contributed by atoms with Crippen molar-refractivity contribution in [1.82, 2.24) is 0 Å². The number of carbonyl (C=O) groups excluding carboxylic acids is 1. The fourth-order valence-corrected chi connectivity index (χ4v) is 5.65. The van der Waals surface area contributed by atoms with Crippen LogP contribution >= 0.6 is 0 Å². The van der Waals surface area contributed by atoms with Gasteiger partial charge >= 0.3 is 5.97 Å². The van der Waals surface area contributed by atoms with Gasteiger partial charge in [-0.25, -0.2) is 0 Å². The van der Waals surface area contributed by atoms with Crippen molar-refractivity contribution in [3.05, 3.63) is 0 Å². The van der Waals surface area contributed by atoms with Crippen molar-refractivity contribution in [2.24, 2.45) is 11.8 Å². The van der Waals surface area contributed by atoms with E-state index < -0.39 is 0 Å². The van der Waals surface area contributed by atoms with E-state index in [0.29, 0.717) is 25.2 Å². The average Bonchev–Trinajstić information content (AvgIpc) is 2.83. The summed E-state index contributed by atoms with van der Waals surface area (Å²) in [5.41, 5.74) is 0. The Morgan fingerprint density at radius 3 is 1.79 bits per heavy atom. The van der Waals surface area contributed by atoms with Gasteiger partial charge in [-0.05, 0) is 83.0 Å². The molecule has 2 fully saturated rings. The minimum absolute atomic E-state index is 0.0378. The zero-order valence-electron chi connectivity index (χ0n) is 22.2. The van der Waals surface area contributed by atoms with Crippen LogP contribution in [0.4, 0.5) is 0 Å². The quantitative estimate of drug-likeness (QED) is 0.161. The maximum atomic E-state index is 11.7. The summed E-state index contributed by atoms with van der Waals surface area (Å²) in [6.45, 7) is 8.03. The van der Waals surface area contributed by atoms with Crippen LogP contribution in [0, 0.1) is 11.8 Å². The Labute approximate surface area is 204 Å². The van der Waals surface area contributed by atoms with Crippen molar-refractivity contribution >= 4 is 5.97 Å². The molecule has 0 aromatic rings. The minimum atomic E-state index is -0.0626. The molecule has 33 heavy (non-hydrogen) atoms. The number of ether oxygens (including phenoxy) is 3. The highest BCUT2D eigenvalue weighted by molar-refractivity contribution is 5.69. The molecule has 0 aromatic carbocycles. The average molecular weight is 467 g/mol. The molecule has 0 amide bonds. The Bertz CT molecular complexity index is 478. The minimum Gasteiger partial charge on any atom is -0.463 e. The third kappa shape index (κ3) is 12.6. The standard InChI is InChI=1S/C29H54O4/c1-4-6-8-9-10-11-22-31-27-17-13-25(14-18-27)26-15-19-28(20-16-26)32-23-21-24(3)33-29(30)12-7-5-2/h24-28H,4-23H2,1-3H3. The molecule has 1 unspecified atom stereocenters. The lowest BCUT2D eigenvalue weighted by Crippen LogP contribution is -2.31. The summed E-state index contributed by atoms with van der Waals surface area (Å²) >= 11 is 0. The summed E-state index contributed by atoms with van der Waals surface area (Å²) in [4.78, 5) is 11.7.